The molecule has 1 saturated heterocycles. The largest absolute Gasteiger partial charge is 0.504 e. The first-order chi connectivity index (χ1) is 11.2. The Morgan fingerprint density at radius 2 is 1.83 bits per heavy atom. The van der Waals surface area contributed by atoms with E-state index in [1.54, 1.807) is 0 Å². The minimum absolute atomic E-state index is 0.653. The standard InChI is InChI=1S/C13H16O10/c14-3-7-9(18)10(19)11(20)13(22-7)23-12(21)4-1-5(15)8(17)6(16)2-4/h1-2,7,9-11,13-20H,3H2/t7-,9-,10+,11-,13?/m1/s1/i1D. The number of hydrogen-bond acceptors (Lipinski definition) is 10. The van der Waals surface area contributed by atoms with Crippen LogP contribution in [0, 0.1) is 0 Å². The van der Waals surface area contributed by atoms with Crippen LogP contribution in [0.2, 0.25) is 0 Å². The lowest BCUT2D eigenvalue weighted by Crippen LogP contribution is -2.59. The summed E-state index contributed by atoms with van der Waals surface area (Å²) in [5.74, 6) is -4.26. The first kappa shape index (κ1) is 15.8. The Labute approximate surface area is 130 Å². The molecule has 0 aromatic heterocycles. The first-order valence-electron chi connectivity index (χ1n) is 6.95. The molecule has 1 aliphatic rings. The fourth-order valence-corrected chi connectivity index (χ4v) is 1.99. The third-order valence-electron chi connectivity index (χ3n) is 3.29. The molecule has 0 aliphatic carbocycles. The zero-order valence-electron chi connectivity index (χ0n) is 12.5. The number of aliphatic hydroxyl groups excluding tert-OH is 4. The third kappa shape index (κ3) is 3.30. The molecule has 23 heavy (non-hydrogen) atoms. The Bertz CT molecular complexity index is 634. The second-order valence-corrected chi connectivity index (χ2v) is 4.87. The van der Waals surface area contributed by atoms with E-state index in [1.165, 1.54) is 0 Å². The summed E-state index contributed by atoms with van der Waals surface area (Å²) in [6, 6.07) is -0.191. The lowest BCUT2D eigenvalue weighted by molar-refractivity contribution is -0.285. The number of aromatic hydroxyl groups is 3. The van der Waals surface area contributed by atoms with Crippen molar-refractivity contribution in [2.75, 3.05) is 6.61 Å². The van der Waals surface area contributed by atoms with Gasteiger partial charge in [-0.3, -0.25) is 0 Å². The minimum Gasteiger partial charge on any atom is -0.504 e. The van der Waals surface area contributed by atoms with E-state index in [-0.39, 0.29) is 0 Å². The van der Waals surface area contributed by atoms with Gasteiger partial charge in [-0.05, 0) is 12.1 Å². The summed E-state index contributed by atoms with van der Waals surface area (Å²) in [6.07, 6.45) is -8.36. The highest BCUT2D eigenvalue weighted by atomic mass is 16.7. The molecule has 5 atom stereocenters. The molecule has 1 aliphatic heterocycles. The molecule has 0 spiro atoms. The molecule has 128 valence electrons. The van der Waals surface area contributed by atoms with Crippen LogP contribution < -0.4 is 0 Å². The van der Waals surface area contributed by atoms with Gasteiger partial charge in [0.2, 0.25) is 6.29 Å². The van der Waals surface area contributed by atoms with Gasteiger partial charge in [0.1, 0.15) is 24.4 Å². The number of carbonyl (C=O) groups is 1. The highest BCUT2D eigenvalue weighted by molar-refractivity contribution is 5.91. The molecule has 0 amide bonds. The Kier molecular flexibility index (Phi) is 4.50. The third-order valence-corrected chi connectivity index (χ3v) is 3.29. The van der Waals surface area contributed by atoms with Crippen LogP contribution in [-0.2, 0) is 9.47 Å². The van der Waals surface area contributed by atoms with Crippen LogP contribution in [0.1, 0.15) is 11.7 Å². The van der Waals surface area contributed by atoms with Gasteiger partial charge in [-0.15, -0.1) is 0 Å². The van der Waals surface area contributed by atoms with Gasteiger partial charge in [-0.25, -0.2) is 4.79 Å². The van der Waals surface area contributed by atoms with Crippen LogP contribution in [0.3, 0.4) is 0 Å². The molecule has 7 N–H and O–H groups in total. The summed E-state index contributed by atoms with van der Waals surface area (Å²) in [5.41, 5.74) is -0.653. The van der Waals surface area contributed by atoms with Crippen molar-refractivity contribution in [1.29, 1.82) is 0 Å². The number of carbonyl (C=O) groups excluding carboxylic acids is 1. The molecule has 2 rings (SSSR count). The summed E-state index contributed by atoms with van der Waals surface area (Å²) in [4.78, 5) is 12.0. The van der Waals surface area contributed by atoms with E-state index in [2.05, 4.69) is 0 Å². The fraction of sp³-hybridized carbons (Fsp3) is 0.462. The average molecular weight is 333 g/mol. The summed E-state index contributed by atoms with van der Waals surface area (Å²) < 4.78 is 17.2. The second-order valence-electron chi connectivity index (χ2n) is 4.87. The summed E-state index contributed by atoms with van der Waals surface area (Å²) in [5, 5.41) is 66.1. The smallest absolute Gasteiger partial charge is 0.340 e. The van der Waals surface area contributed by atoms with Gasteiger partial charge in [0.05, 0.1) is 13.5 Å². The number of benzene rings is 1. The van der Waals surface area contributed by atoms with E-state index in [0.717, 1.165) is 0 Å². The number of ether oxygens (including phenoxy) is 2. The van der Waals surface area contributed by atoms with Gasteiger partial charge in [0, 0.05) is 0 Å². The summed E-state index contributed by atoms with van der Waals surface area (Å²) in [6.45, 7) is -0.733. The Hall–Kier alpha value is -2.11. The van der Waals surface area contributed by atoms with E-state index in [4.69, 9.17) is 16.0 Å². The number of phenols is 3. The van der Waals surface area contributed by atoms with Crippen molar-refractivity contribution in [3.8, 4) is 17.2 Å². The maximum absolute atomic E-state index is 12.0. The van der Waals surface area contributed by atoms with Crippen molar-refractivity contribution in [3.63, 3.8) is 0 Å². The SMILES string of the molecule is [2H]c1c(C(=O)OC2O[C@H](CO)[C@@H](O)[C@H](O)[C@H]2O)cc(O)c(O)c1O. The Morgan fingerprint density at radius 1 is 1.17 bits per heavy atom. The minimum atomic E-state index is -1.85. The van der Waals surface area contributed by atoms with E-state index in [0.29, 0.717) is 6.07 Å². The van der Waals surface area contributed by atoms with Crippen molar-refractivity contribution < 1.29 is 51.4 Å². The zero-order valence-corrected chi connectivity index (χ0v) is 11.5. The van der Waals surface area contributed by atoms with Crippen LogP contribution in [0.5, 0.6) is 17.2 Å². The maximum atomic E-state index is 12.0. The second kappa shape index (κ2) is 6.56. The number of esters is 1. The van der Waals surface area contributed by atoms with Gasteiger partial charge in [-0.1, -0.05) is 0 Å². The molecule has 1 heterocycles. The fourth-order valence-electron chi connectivity index (χ4n) is 1.99. The number of phenolic OH excluding ortho intramolecular Hbond substituents is 3. The van der Waals surface area contributed by atoms with Crippen molar-refractivity contribution >= 4 is 5.97 Å². The van der Waals surface area contributed by atoms with E-state index >= 15 is 0 Å². The van der Waals surface area contributed by atoms with Crippen molar-refractivity contribution in [1.82, 2.24) is 0 Å². The molecule has 0 radical (unpaired) electrons. The summed E-state index contributed by atoms with van der Waals surface area (Å²) in [7, 11) is 0. The van der Waals surface area contributed by atoms with Crippen LogP contribution >= 0.6 is 0 Å². The van der Waals surface area contributed by atoms with Crippen LogP contribution in [0.15, 0.2) is 12.1 Å². The first-order valence-corrected chi connectivity index (χ1v) is 6.45. The molecule has 0 bridgehead atoms. The van der Waals surface area contributed by atoms with Gasteiger partial charge < -0.3 is 45.2 Å². The van der Waals surface area contributed by atoms with Crippen molar-refractivity contribution in [3.05, 3.63) is 17.7 Å². The van der Waals surface area contributed by atoms with Crippen molar-refractivity contribution in [2.45, 2.75) is 30.7 Å². The van der Waals surface area contributed by atoms with Crippen LogP contribution in [0.4, 0.5) is 0 Å². The quantitative estimate of drug-likeness (QED) is 0.236. The maximum Gasteiger partial charge on any atom is 0.340 e. The highest BCUT2D eigenvalue weighted by Crippen LogP contribution is 2.35. The topological polar surface area (TPSA) is 177 Å². The van der Waals surface area contributed by atoms with Gasteiger partial charge >= 0.3 is 5.97 Å². The monoisotopic (exact) mass is 333 g/mol. The lowest BCUT2D eigenvalue weighted by atomic mass is 9.99. The predicted octanol–water partition coefficient (Wildman–Crippen LogP) is -2.24. The van der Waals surface area contributed by atoms with Gasteiger partial charge in [0.15, 0.2) is 17.2 Å². The molecule has 1 aromatic carbocycles. The Morgan fingerprint density at radius 3 is 2.43 bits per heavy atom. The molecule has 10 nitrogen and oxygen atoms in total. The normalized spacial score (nSPS) is 31.5. The van der Waals surface area contributed by atoms with Gasteiger partial charge in [-0.2, -0.15) is 0 Å². The molecule has 0 saturated carbocycles. The zero-order chi connectivity index (χ0) is 18.2. The van der Waals surface area contributed by atoms with Crippen LogP contribution in [-0.4, -0.2) is 79.0 Å². The molecule has 1 aromatic rings. The molecular weight excluding hydrogens is 316 g/mol. The molecule has 1 unspecified atom stereocenters. The van der Waals surface area contributed by atoms with E-state index in [9.17, 15) is 35.4 Å². The number of hydrogen-bond donors (Lipinski definition) is 7. The molecule has 10 heteroatoms. The summed E-state index contributed by atoms with van der Waals surface area (Å²) >= 11 is 0. The molecular formula is C13H16O10. The average Bonchev–Trinajstić information content (AvgIpc) is 2.56. The van der Waals surface area contributed by atoms with Crippen LogP contribution in [0.25, 0.3) is 0 Å². The van der Waals surface area contributed by atoms with Gasteiger partial charge in [0.25, 0.3) is 0 Å². The van der Waals surface area contributed by atoms with Crippen molar-refractivity contribution in [2.24, 2.45) is 0 Å². The Balaban J connectivity index is 2.23. The lowest BCUT2D eigenvalue weighted by Gasteiger charge is -2.39. The number of aliphatic hydroxyl groups is 4. The van der Waals surface area contributed by atoms with E-state index in [1.807, 2.05) is 0 Å². The predicted molar refractivity (Wildman–Crippen MR) is 70.6 cm³/mol. The highest BCUT2D eigenvalue weighted by Gasteiger charge is 2.45. The van der Waals surface area contributed by atoms with E-state index < -0.39 is 72.1 Å². The molecule has 1 fully saturated rings. The number of rotatable bonds is 3.